The molecule has 4 N–H and O–H groups in total. The molecule has 3 aromatic carbocycles. The molecule has 80 heavy (non-hydrogen) atoms. The van der Waals surface area contributed by atoms with Crippen molar-refractivity contribution in [2.24, 2.45) is 11.3 Å². The predicted octanol–water partition coefficient (Wildman–Crippen LogP) is 10.6. The number of nitro groups is 1. The zero-order valence-electron chi connectivity index (χ0n) is 46.1. The van der Waals surface area contributed by atoms with Crippen LogP contribution in [-0.4, -0.2) is 113 Å². The summed E-state index contributed by atoms with van der Waals surface area (Å²) in [5, 5.41) is 25.8. The number of piperazine rings is 1. The van der Waals surface area contributed by atoms with Crippen LogP contribution in [0.1, 0.15) is 131 Å². The molecule has 1 amide bonds. The fourth-order valence-electron chi connectivity index (χ4n) is 13.4. The van der Waals surface area contributed by atoms with Gasteiger partial charge in [0.1, 0.15) is 27.9 Å². The average Bonchev–Trinajstić information content (AvgIpc) is 3.87. The van der Waals surface area contributed by atoms with Crippen molar-refractivity contribution in [3.05, 3.63) is 129 Å². The van der Waals surface area contributed by atoms with Gasteiger partial charge in [-0.15, -0.1) is 0 Å². The van der Waals surface area contributed by atoms with E-state index < -0.39 is 42.9 Å². The number of carbonyl (C=O) groups is 1. The Kier molecular flexibility index (Phi) is 15.3. The van der Waals surface area contributed by atoms with Crippen molar-refractivity contribution in [3.63, 3.8) is 0 Å². The minimum absolute atomic E-state index is 0.00359. The van der Waals surface area contributed by atoms with Crippen molar-refractivity contribution in [1.29, 1.82) is 0 Å². The van der Waals surface area contributed by atoms with E-state index >= 15 is 4.39 Å². The zero-order chi connectivity index (χ0) is 56.1. The summed E-state index contributed by atoms with van der Waals surface area (Å²) < 4.78 is 62.8. The highest BCUT2D eigenvalue weighted by Gasteiger charge is 2.56. The highest BCUT2D eigenvalue weighted by atomic mass is 32.2. The largest absolute Gasteiger partial charge is 0.497 e. The van der Waals surface area contributed by atoms with E-state index in [4.69, 9.17) is 14.2 Å². The lowest BCUT2D eigenvalue weighted by molar-refractivity contribution is -0.384. The Labute approximate surface area is 466 Å². The Balaban J connectivity index is 0.822. The molecule has 2 saturated carbocycles. The molecule has 2 unspecified atom stereocenters. The van der Waals surface area contributed by atoms with E-state index in [9.17, 15) is 28.4 Å². The normalized spacial score (nSPS) is 23.3. The first kappa shape index (κ1) is 55.1. The van der Waals surface area contributed by atoms with Crippen molar-refractivity contribution >= 4 is 44.2 Å². The number of methoxy groups -OCH3 is 1. The standard InChI is InChI=1S/C60H72FN9O9S/c1-6-78-58-53(29-48-49(61)34-64-55(48)65-58)79-52-27-40(13-17-47(52)57(71)66-80(75,76)44-28-51(70(73)74)56(63-33-44)62-32-38-19-21-59(4,72)22-20-38)67-25-23-60(24-26-67)30-42(31-60)69-41-14-18-50(54(69)46-10-8-7-9-45(46)37(2)3)68(36-41)35-39-11-15-43(77-5)16-12-39/h7-13,15-17,27-29,33-34,37-38,41-42,50,54,72H,6,14,18-26,30-32,35-36H2,1-5H3,(H,62,63)(H,64,65)(H,66,71)/t38?,41?,50?,54-,59?/m1/s1. The lowest BCUT2D eigenvalue weighted by atomic mass is 9.58. The van der Waals surface area contributed by atoms with E-state index in [0.29, 0.717) is 56.3 Å². The third-order valence-electron chi connectivity index (χ3n) is 17.8. The molecule has 12 rings (SSSR count). The first-order valence-corrected chi connectivity index (χ1v) is 29.7. The lowest BCUT2D eigenvalue weighted by Gasteiger charge is -2.64. The number of amides is 1. The van der Waals surface area contributed by atoms with Crippen LogP contribution in [0.15, 0.2) is 96.2 Å². The number of hydrogen-bond acceptors (Lipinski definition) is 15. The van der Waals surface area contributed by atoms with E-state index in [2.05, 4.69) is 102 Å². The van der Waals surface area contributed by atoms with Crippen LogP contribution in [0.3, 0.4) is 0 Å². The molecule has 424 valence electrons. The second-order valence-corrected chi connectivity index (χ2v) is 25.1. The number of rotatable bonds is 18. The number of benzene rings is 3. The van der Waals surface area contributed by atoms with Gasteiger partial charge in [0.2, 0.25) is 5.82 Å². The third-order valence-corrected chi connectivity index (χ3v) is 19.1. The van der Waals surface area contributed by atoms with Crippen molar-refractivity contribution in [3.8, 4) is 23.1 Å². The number of hydrogen-bond donors (Lipinski definition) is 4. The number of fused-ring (bicyclic) bond motifs is 4. The molecule has 3 aromatic heterocycles. The van der Waals surface area contributed by atoms with Crippen LogP contribution in [0, 0.1) is 27.3 Å². The van der Waals surface area contributed by atoms with E-state index in [0.717, 1.165) is 82.0 Å². The van der Waals surface area contributed by atoms with Crippen LogP contribution in [0.25, 0.3) is 11.0 Å². The summed E-state index contributed by atoms with van der Waals surface area (Å²) in [6.07, 6.45) is 11.2. The van der Waals surface area contributed by atoms with Gasteiger partial charge in [0.05, 0.1) is 47.4 Å². The van der Waals surface area contributed by atoms with Gasteiger partial charge in [0, 0.05) is 80.9 Å². The van der Waals surface area contributed by atoms with Gasteiger partial charge in [-0.05, 0) is 136 Å². The number of nitrogens with one attached hydrogen (secondary N) is 3. The second kappa shape index (κ2) is 22.2. The first-order valence-electron chi connectivity index (χ1n) is 28.2. The number of carbonyl (C=O) groups excluding carboxylic acids is 1. The Morgan fingerprint density at radius 3 is 2.44 bits per heavy atom. The van der Waals surface area contributed by atoms with E-state index in [1.165, 1.54) is 41.4 Å². The molecule has 3 atom stereocenters. The summed E-state index contributed by atoms with van der Waals surface area (Å²) in [4.78, 5) is 44.5. The molecule has 0 radical (unpaired) electrons. The molecule has 2 bridgehead atoms. The van der Waals surface area contributed by atoms with Gasteiger partial charge in [0.15, 0.2) is 5.75 Å². The van der Waals surface area contributed by atoms with Gasteiger partial charge in [-0.3, -0.25) is 24.7 Å². The summed E-state index contributed by atoms with van der Waals surface area (Å²) >= 11 is 0. The van der Waals surface area contributed by atoms with Crippen LogP contribution in [-0.2, 0) is 16.6 Å². The SMILES string of the molecule is CCOc1nc2[nH]cc(F)c2cc1Oc1cc(N2CCC3(CC2)CC(N2C4CCC([C@H]2c2ccccc2C(C)C)N(Cc2ccc(OC)cc2)C4)C3)ccc1C(=O)NS(=O)(=O)c1cnc(NCC2CCC(C)(O)CC2)c([N+](=O)[O-])c1. The van der Waals surface area contributed by atoms with Gasteiger partial charge in [-0.2, -0.15) is 4.98 Å². The molecule has 4 saturated heterocycles. The number of H-pyrrole nitrogens is 1. The number of sulfonamides is 1. The van der Waals surface area contributed by atoms with Gasteiger partial charge in [0.25, 0.3) is 21.8 Å². The maximum atomic E-state index is 15.0. The zero-order valence-corrected chi connectivity index (χ0v) is 46.9. The Morgan fingerprint density at radius 1 is 0.975 bits per heavy atom. The summed E-state index contributed by atoms with van der Waals surface area (Å²) in [6, 6.07) is 26.3. The number of ether oxygens (including phenoxy) is 3. The molecule has 20 heteroatoms. The minimum atomic E-state index is -4.75. The molecule has 6 aliphatic rings. The molecule has 7 heterocycles. The van der Waals surface area contributed by atoms with Crippen LogP contribution >= 0.6 is 0 Å². The summed E-state index contributed by atoms with van der Waals surface area (Å²) in [5.41, 5.74) is 3.78. The van der Waals surface area contributed by atoms with Crippen molar-refractivity contribution in [2.45, 2.75) is 139 Å². The molecule has 4 aliphatic heterocycles. The molecular weight excluding hydrogens is 1040 g/mol. The van der Waals surface area contributed by atoms with Crippen molar-refractivity contribution in [1.82, 2.24) is 29.5 Å². The topological polar surface area (TPSA) is 218 Å². The fraction of sp³-hybridized carbons (Fsp3) is 0.483. The summed E-state index contributed by atoms with van der Waals surface area (Å²) in [6.45, 7) is 12.1. The molecule has 18 nitrogen and oxygen atoms in total. The Hall–Kier alpha value is -6.87. The number of piperidine rings is 3. The van der Waals surface area contributed by atoms with Gasteiger partial charge in [-0.25, -0.2) is 22.5 Å². The second-order valence-electron chi connectivity index (χ2n) is 23.4. The average molecular weight is 1110 g/mol. The molecule has 6 fully saturated rings. The van der Waals surface area contributed by atoms with Gasteiger partial charge >= 0.3 is 5.69 Å². The number of nitrogens with zero attached hydrogens (tertiary/aromatic N) is 6. The number of anilines is 2. The van der Waals surface area contributed by atoms with E-state index in [1.807, 2.05) is 0 Å². The highest BCUT2D eigenvalue weighted by Crippen LogP contribution is 2.57. The monoisotopic (exact) mass is 1110 g/mol. The quantitative estimate of drug-likeness (QED) is 0.0465. The summed E-state index contributed by atoms with van der Waals surface area (Å²) in [5.74, 6) is -0.406. The Morgan fingerprint density at radius 2 is 1.73 bits per heavy atom. The van der Waals surface area contributed by atoms with Gasteiger partial charge < -0.3 is 34.5 Å². The van der Waals surface area contributed by atoms with Crippen LogP contribution in [0.4, 0.5) is 21.6 Å². The summed E-state index contributed by atoms with van der Waals surface area (Å²) in [7, 11) is -3.05. The predicted molar refractivity (Wildman–Crippen MR) is 303 cm³/mol. The molecular formula is C60H72FN9O9S. The first-order chi connectivity index (χ1) is 38.4. The van der Waals surface area contributed by atoms with Crippen LogP contribution < -0.4 is 29.1 Å². The number of pyridine rings is 2. The number of halogens is 1. The molecule has 2 aliphatic carbocycles. The smallest absolute Gasteiger partial charge is 0.312 e. The van der Waals surface area contributed by atoms with Crippen LogP contribution in [0.5, 0.6) is 23.1 Å². The lowest BCUT2D eigenvalue weighted by Crippen LogP contribution is -2.68. The minimum Gasteiger partial charge on any atom is -0.497 e. The van der Waals surface area contributed by atoms with Crippen molar-refractivity contribution < 1.29 is 41.8 Å². The van der Waals surface area contributed by atoms with E-state index in [1.54, 1.807) is 33.1 Å². The Bertz CT molecular complexity index is 3370. The van der Waals surface area contributed by atoms with E-state index in [-0.39, 0.29) is 63.8 Å². The number of aromatic nitrogens is 3. The third kappa shape index (κ3) is 11.2. The van der Waals surface area contributed by atoms with Crippen LogP contribution in [0.2, 0.25) is 0 Å². The number of aliphatic hydroxyl groups is 1. The number of aromatic amines is 1. The fourth-order valence-corrected chi connectivity index (χ4v) is 14.4. The highest BCUT2D eigenvalue weighted by molar-refractivity contribution is 7.90. The molecule has 6 aromatic rings. The maximum Gasteiger partial charge on any atom is 0.312 e. The maximum absolute atomic E-state index is 15.0. The van der Waals surface area contributed by atoms with Crippen molar-refractivity contribution in [2.75, 3.05) is 50.1 Å². The van der Waals surface area contributed by atoms with Gasteiger partial charge in [-0.1, -0.05) is 50.2 Å². The molecule has 1 spiro atoms.